The number of nitrogens with zero attached hydrogens (tertiary/aromatic N) is 5. The number of nitrogens with one attached hydrogen (secondary N) is 1. The van der Waals surface area contributed by atoms with Crippen molar-refractivity contribution in [1.29, 1.82) is 0 Å². The highest BCUT2D eigenvalue weighted by Gasteiger charge is 2.23. The van der Waals surface area contributed by atoms with Gasteiger partial charge in [0.05, 0.1) is 10.3 Å². The molecule has 30 heavy (non-hydrogen) atoms. The zero-order valence-electron chi connectivity index (χ0n) is 18.3. The number of anilines is 1. The van der Waals surface area contributed by atoms with Gasteiger partial charge in [0.2, 0.25) is 0 Å². The first-order valence-corrected chi connectivity index (χ1v) is 12.1. The third-order valence-corrected chi connectivity index (χ3v) is 7.55. The molecule has 7 nitrogen and oxygen atoms in total. The summed E-state index contributed by atoms with van der Waals surface area (Å²) in [6.45, 7) is 10.2. The number of carbonyl (C=O) groups is 1. The Labute approximate surface area is 183 Å². The minimum absolute atomic E-state index is 0.0238. The number of fused-ring (bicyclic) bond motifs is 1. The fourth-order valence-corrected chi connectivity index (χ4v) is 5.53. The Morgan fingerprint density at radius 2 is 1.80 bits per heavy atom. The van der Waals surface area contributed by atoms with Gasteiger partial charge in [0.25, 0.3) is 5.91 Å². The highest BCUT2D eigenvalue weighted by molar-refractivity contribution is 7.20. The summed E-state index contributed by atoms with van der Waals surface area (Å²) < 4.78 is 0. The number of likely N-dealkylation sites (N-methyl/N-ethyl adjacent to an activating group) is 1. The Morgan fingerprint density at radius 3 is 2.53 bits per heavy atom. The van der Waals surface area contributed by atoms with Crippen molar-refractivity contribution >= 4 is 33.3 Å². The number of likely N-dealkylation sites (tertiary alicyclic amines) is 1. The van der Waals surface area contributed by atoms with Crippen LogP contribution >= 0.6 is 11.3 Å². The van der Waals surface area contributed by atoms with Gasteiger partial charge in [-0.05, 0) is 58.4 Å². The van der Waals surface area contributed by atoms with Crippen LogP contribution in [0.5, 0.6) is 0 Å². The summed E-state index contributed by atoms with van der Waals surface area (Å²) in [5.41, 5.74) is 1.01. The molecular formula is C22H34N6OS. The molecule has 0 bridgehead atoms. The second kappa shape index (κ2) is 10.0. The molecule has 2 aliphatic heterocycles. The van der Waals surface area contributed by atoms with Crippen LogP contribution < -0.4 is 10.2 Å². The topological polar surface area (TPSA) is 64.6 Å². The molecule has 2 fully saturated rings. The van der Waals surface area contributed by atoms with E-state index in [9.17, 15) is 4.79 Å². The molecule has 2 saturated heterocycles. The quantitative estimate of drug-likeness (QED) is 0.711. The fourth-order valence-electron chi connectivity index (χ4n) is 4.47. The molecule has 0 unspecified atom stereocenters. The van der Waals surface area contributed by atoms with Gasteiger partial charge in [-0.2, -0.15) is 0 Å². The number of hydrogen-bond acceptors (Lipinski definition) is 7. The lowest BCUT2D eigenvalue weighted by Gasteiger charge is -2.33. The summed E-state index contributed by atoms with van der Waals surface area (Å²) in [7, 11) is 2.15. The first-order valence-electron chi connectivity index (χ1n) is 11.3. The van der Waals surface area contributed by atoms with Crippen molar-refractivity contribution in [2.75, 3.05) is 64.3 Å². The van der Waals surface area contributed by atoms with Crippen LogP contribution in [0.3, 0.4) is 0 Å². The number of rotatable bonds is 6. The lowest BCUT2D eigenvalue weighted by Crippen LogP contribution is -2.44. The van der Waals surface area contributed by atoms with Crippen molar-refractivity contribution in [3.05, 3.63) is 16.8 Å². The molecule has 4 heterocycles. The zero-order chi connectivity index (χ0) is 20.9. The van der Waals surface area contributed by atoms with Crippen molar-refractivity contribution < 1.29 is 4.79 Å². The maximum atomic E-state index is 12.9. The average molecular weight is 431 g/mol. The van der Waals surface area contributed by atoms with Crippen LogP contribution in [0, 0.1) is 6.92 Å². The lowest BCUT2D eigenvalue weighted by molar-refractivity contribution is 0.0955. The van der Waals surface area contributed by atoms with E-state index in [-0.39, 0.29) is 5.91 Å². The highest BCUT2D eigenvalue weighted by atomic mass is 32.1. The molecule has 1 amide bonds. The smallest absolute Gasteiger partial charge is 0.261 e. The molecule has 0 spiro atoms. The third-order valence-electron chi connectivity index (χ3n) is 6.35. The van der Waals surface area contributed by atoms with E-state index in [0.717, 1.165) is 72.2 Å². The van der Waals surface area contributed by atoms with Crippen molar-refractivity contribution in [2.45, 2.75) is 39.0 Å². The van der Waals surface area contributed by atoms with Gasteiger partial charge >= 0.3 is 0 Å². The van der Waals surface area contributed by atoms with Crippen LogP contribution in [-0.4, -0.2) is 85.1 Å². The van der Waals surface area contributed by atoms with Gasteiger partial charge in [-0.25, -0.2) is 9.97 Å². The maximum absolute atomic E-state index is 12.9. The van der Waals surface area contributed by atoms with E-state index in [1.165, 1.54) is 50.1 Å². The molecule has 1 N–H and O–H groups in total. The van der Waals surface area contributed by atoms with E-state index in [2.05, 4.69) is 37.0 Å². The second-order valence-electron chi connectivity index (χ2n) is 8.59. The van der Waals surface area contributed by atoms with E-state index < -0.39 is 0 Å². The molecule has 4 rings (SSSR count). The van der Waals surface area contributed by atoms with Crippen LogP contribution in [0.4, 0.5) is 5.82 Å². The number of aryl methyl sites for hydroxylation is 1. The summed E-state index contributed by atoms with van der Waals surface area (Å²) >= 11 is 1.49. The SMILES string of the molecule is Cc1c(C(=O)NCCCN2CCCCCC2)sc2ncnc(N3CCN(C)CC3)c12. The van der Waals surface area contributed by atoms with Crippen LogP contribution in [0.1, 0.15) is 47.3 Å². The van der Waals surface area contributed by atoms with Gasteiger partial charge in [-0.3, -0.25) is 4.79 Å². The maximum Gasteiger partial charge on any atom is 0.261 e. The molecule has 0 aliphatic carbocycles. The fraction of sp³-hybridized carbons (Fsp3) is 0.682. The lowest BCUT2D eigenvalue weighted by atomic mass is 10.1. The predicted octanol–water partition coefficient (Wildman–Crippen LogP) is 2.75. The first kappa shape index (κ1) is 21.5. The highest BCUT2D eigenvalue weighted by Crippen LogP contribution is 2.35. The summed E-state index contributed by atoms with van der Waals surface area (Å²) in [6, 6.07) is 0. The molecule has 164 valence electrons. The van der Waals surface area contributed by atoms with Crippen LogP contribution in [0.2, 0.25) is 0 Å². The molecule has 8 heteroatoms. The Kier molecular flexibility index (Phi) is 7.17. The molecule has 2 aromatic heterocycles. The van der Waals surface area contributed by atoms with Gasteiger partial charge in [-0.1, -0.05) is 12.8 Å². The predicted molar refractivity (Wildman–Crippen MR) is 124 cm³/mol. The molecule has 0 saturated carbocycles. The number of hydrogen-bond donors (Lipinski definition) is 1. The van der Waals surface area contributed by atoms with Crippen LogP contribution in [-0.2, 0) is 0 Å². The van der Waals surface area contributed by atoms with Gasteiger partial charge in [-0.15, -0.1) is 11.3 Å². The van der Waals surface area contributed by atoms with Crippen LogP contribution in [0.15, 0.2) is 6.33 Å². The zero-order valence-corrected chi connectivity index (χ0v) is 19.1. The minimum Gasteiger partial charge on any atom is -0.353 e. The van der Waals surface area contributed by atoms with E-state index in [4.69, 9.17) is 0 Å². The van der Waals surface area contributed by atoms with Crippen molar-refractivity contribution in [2.24, 2.45) is 0 Å². The van der Waals surface area contributed by atoms with Crippen molar-refractivity contribution in [3.8, 4) is 0 Å². The molecule has 0 atom stereocenters. The van der Waals surface area contributed by atoms with Gasteiger partial charge in [0, 0.05) is 32.7 Å². The van der Waals surface area contributed by atoms with Crippen molar-refractivity contribution in [1.82, 2.24) is 25.1 Å². The van der Waals surface area contributed by atoms with Gasteiger partial charge < -0.3 is 20.0 Å². The molecule has 2 aromatic rings. The van der Waals surface area contributed by atoms with Gasteiger partial charge in [0.1, 0.15) is 17.0 Å². The number of piperazine rings is 1. The largest absolute Gasteiger partial charge is 0.353 e. The summed E-state index contributed by atoms with van der Waals surface area (Å²) in [5, 5.41) is 4.18. The third kappa shape index (κ3) is 4.92. The Bertz CT molecular complexity index is 853. The Hall–Kier alpha value is -1.77. The van der Waals surface area contributed by atoms with Gasteiger partial charge in [0.15, 0.2) is 0 Å². The van der Waals surface area contributed by atoms with E-state index in [1.807, 2.05) is 6.92 Å². The number of carbonyl (C=O) groups excluding carboxylic acids is 1. The van der Waals surface area contributed by atoms with E-state index in [1.54, 1.807) is 6.33 Å². The molecule has 2 aliphatic rings. The van der Waals surface area contributed by atoms with Crippen molar-refractivity contribution in [3.63, 3.8) is 0 Å². The van der Waals surface area contributed by atoms with E-state index in [0.29, 0.717) is 0 Å². The average Bonchev–Trinajstić information content (AvgIpc) is 2.92. The summed E-state index contributed by atoms with van der Waals surface area (Å²) in [6.07, 6.45) is 7.97. The molecule has 0 aromatic carbocycles. The first-order chi connectivity index (χ1) is 14.6. The van der Waals surface area contributed by atoms with E-state index >= 15 is 0 Å². The number of amides is 1. The second-order valence-corrected chi connectivity index (χ2v) is 9.59. The number of aromatic nitrogens is 2. The number of thiophene rings is 1. The minimum atomic E-state index is 0.0238. The normalized spacial score (nSPS) is 19.2. The van der Waals surface area contributed by atoms with Crippen LogP contribution in [0.25, 0.3) is 10.2 Å². The summed E-state index contributed by atoms with van der Waals surface area (Å²) in [4.78, 5) is 30.8. The Balaban J connectivity index is 1.39. The molecule has 0 radical (unpaired) electrons. The standard InChI is InChI=1S/C22H34N6OS/c1-17-18-20(28-14-12-26(2)13-15-28)24-16-25-22(18)30-19(17)21(29)23-8-7-11-27-9-5-3-4-6-10-27/h16H,3-15H2,1-2H3,(H,23,29). The summed E-state index contributed by atoms with van der Waals surface area (Å²) in [5.74, 6) is 0.998. The monoisotopic (exact) mass is 430 g/mol. The Morgan fingerprint density at radius 1 is 1.07 bits per heavy atom. The molecular weight excluding hydrogens is 396 g/mol.